The van der Waals surface area contributed by atoms with Crippen LogP contribution in [0.1, 0.15) is 37.5 Å². The minimum atomic E-state index is -0.477. The van der Waals surface area contributed by atoms with Gasteiger partial charge in [0.1, 0.15) is 11.5 Å². The Morgan fingerprint density at radius 2 is 1.50 bits per heavy atom. The Morgan fingerprint density at radius 1 is 0.893 bits per heavy atom. The molecule has 4 N–H and O–H groups in total. The molecule has 0 unspecified atom stereocenters. The van der Waals surface area contributed by atoms with Crippen LogP contribution in [0.25, 0.3) is 10.8 Å². The predicted octanol–water partition coefficient (Wildman–Crippen LogP) is 1.76. The quantitative estimate of drug-likeness (QED) is 0.397. The molecule has 1 saturated heterocycles. The van der Waals surface area contributed by atoms with Crippen molar-refractivity contribution >= 4 is 22.3 Å². The molecule has 28 heavy (non-hydrogen) atoms. The van der Waals surface area contributed by atoms with Crippen LogP contribution in [0.15, 0.2) is 30.5 Å². The van der Waals surface area contributed by atoms with E-state index in [1.807, 2.05) is 0 Å². The second kappa shape index (κ2) is 6.19. The third-order valence-electron chi connectivity index (χ3n) is 5.63. The van der Waals surface area contributed by atoms with Crippen molar-refractivity contribution in [2.75, 3.05) is 26.2 Å². The molecule has 2 aromatic carbocycles. The van der Waals surface area contributed by atoms with E-state index < -0.39 is 11.6 Å². The lowest BCUT2D eigenvalue weighted by molar-refractivity contribution is 0.0971. The van der Waals surface area contributed by atoms with Crippen LogP contribution in [0.5, 0.6) is 11.5 Å². The standard InChI is InChI=1S/C21H19N3O4/c25-18-12-3-1-2-4-13(12)19(26)16-15(18)20(27)14-11(9-23-17(14)21(16)28)10-24-7-5-22-6-8-24/h1-4,9,22-23,25-26H,5-8,10H2. The fourth-order valence-corrected chi connectivity index (χ4v) is 4.23. The van der Waals surface area contributed by atoms with Crippen molar-refractivity contribution in [3.8, 4) is 11.5 Å². The topological polar surface area (TPSA) is 106 Å². The van der Waals surface area contributed by atoms with Crippen LogP contribution < -0.4 is 5.32 Å². The fraction of sp³-hybridized carbons (Fsp3) is 0.238. The Labute approximate surface area is 160 Å². The van der Waals surface area contributed by atoms with Crippen LogP contribution in [0.3, 0.4) is 0 Å². The first-order chi connectivity index (χ1) is 13.6. The molecule has 5 rings (SSSR count). The Bertz CT molecular complexity index is 1140. The molecule has 3 aromatic rings. The van der Waals surface area contributed by atoms with Crippen LogP contribution in [0.4, 0.5) is 0 Å². The number of hydrogen-bond donors (Lipinski definition) is 4. The highest BCUT2D eigenvalue weighted by atomic mass is 16.3. The largest absolute Gasteiger partial charge is 0.506 e. The van der Waals surface area contributed by atoms with Crippen LogP contribution in [0.2, 0.25) is 0 Å². The molecule has 1 aliphatic heterocycles. The van der Waals surface area contributed by atoms with Gasteiger partial charge in [-0.1, -0.05) is 24.3 Å². The maximum Gasteiger partial charge on any atom is 0.214 e. The lowest BCUT2D eigenvalue weighted by atomic mass is 9.83. The smallest absolute Gasteiger partial charge is 0.214 e. The molecular weight excluding hydrogens is 358 g/mol. The summed E-state index contributed by atoms with van der Waals surface area (Å²) < 4.78 is 0. The molecule has 142 valence electrons. The number of benzene rings is 2. The van der Waals surface area contributed by atoms with Gasteiger partial charge in [-0.2, -0.15) is 0 Å². The highest BCUT2D eigenvalue weighted by Crippen LogP contribution is 2.44. The Balaban J connectivity index is 1.67. The van der Waals surface area contributed by atoms with Crippen molar-refractivity contribution in [3.63, 3.8) is 0 Å². The molecule has 0 spiro atoms. The van der Waals surface area contributed by atoms with Gasteiger partial charge in [0.05, 0.1) is 22.4 Å². The van der Waals surface area contributed by atoms with Crippen molar-refractivity contribution < 1.29 is 19.8 Å². The zero-order valence-electron chi connectivity index (χ0n) is 15.1. The number of hydrogen-bond acceptors (Lipinski definition) is 6. The zero-order chi connectivity index (χ0) is 19.4. The van der Waals surface area contributed by atoms with Crippen LogP contribution in [0, 0.1) is 0 Å². The van der Waals surface area contributed by atoms with Crippen molar-refractivity contribution in [2.24, 2.45) is 0 Å². The van der Waals surface area contributed by atoms with E-state index in [-0.39, 0.29) is 28.3 Å². The molecule has 7 heteroatoms. The average Bonchev–Trinajstić information content (AvgIpc) is 3.14. The maximum absolute atomic E-state index is 13.3. The number of aromatic nitrogens is 1. The number of carbonyl (C=O) groups is 2. The lowest BCUT2D eigenvalue weighted by Gasteiger charge is -2.27. The van der Waals surface area contributed by atoms with Crippen LogP contribution in [-0.4, -0.2) is 57.8 Å². The number of nitrogens with one attached hydrogen (secondary N) is 2. The van der Waals surface area contributed by atoms with Gasteiger partial charge in [0.25, 0.3) is 0 Å². The van der Waals surface area contributed by atoms with Gasteiger partial charge in [-0.3, -0.25) is 14.5 Å². The van der Waals surface area contributed by atoms with Gasteiger partial charge >= 0.3 is 0 Å². The van der Waals surface area contributed by atoms with Gasteiger partial charge in [0.15, 0.2) is 5.78 Å². The second-order valence-electron chi connectivity index (χ2n) is 7.24. The number of nitrogens with zero attached hydrogens (tertiary/aromatic N) is 1. The monoisotopic (exact) mass is 377 g/mol. The summed E-state index contributed by atoms with van der Waals surface area (Å²) in [6.07, 6.45) is 1.68. The SMILES string of the molecule is O=C1c2[nH]cc(CN3CCNCC3)c2C(=O)c2c1c(O)c1ccccc1c2O. The first-order valence-corrected chi connectivity index (χ1v) is 9.27. The van der Waals surface area contributed by atoms with Crippen LogP contribution >= 0.6 is 0 Å². The zero-order valence-corrected chi connectivity index (χ0v) is 15.1. The summed E-state index contributed by atoms with van der Waals surface area (Å²) in [5, 5.41) is 25.4. The number of phenolic OH excluding ortho intramolecular Hbond substituents is 2. The van der Waals surface area contributed by atoms with Gasteiger partial charge in [0, 0.05) is 49.7 Å². The van der Waals surface area contributed by atoms with Gasteiger partial charge < -0.3 is 20.5 Å². The van der Waals surface area contributed by atoms with E-state index in [1.165, 1.54) is 0 Å². The number of carbonyl (C=O) groups excluding carboxylic acids is 2. The first kappa shape index (κ1) is 17.0. The minimum Gasteiger partial charge on any atom is -0.506 e. The number of fused-ring (bicyclic) bond motifs is 3. The predicted molar refractivity (Wildman–Crippen MR) is 103 cm³/mol. The molecule has 1 aromatic heterocycles. The maximum atomic E-state index is 13.3. The molecule has 1 aliphatic carbocycles. The number of rotatable bonds is 2. The van der Waals surface area contributed by atoms with Gasteiger partial charge in [0.2, 0.25) is 5.78 Å². The molecule has 2 aliphatic rings. The summed E-state index contributed by atoms with van der Waals surface area (Å²) in [5.41, 5.74) is 0.945. The number of piperazine rings is 1. The lowest BCUT2D eigenvalue weighted by Crippen LogP contribution is -2.43. The van der Waals surface area contributed by atoms with Crippen molar-refractivity contribution in [1.82, 2.24) is 15.2 Å². The third kappa shape index (κ3) is 2.30. The summed E-state index contributed by atoms with van der Waals surface area (Å²) in [6, 6.07) is 6.65. The molecule has 0 radical (unpaired) electrons. The number of aromatic hydroxyl groups is 2. The molecule has 7 nitrogen and oxygen atoms in total. The number of phenols is 2. The highest BCUT2D eigenvalue weighted by molar-refractivity contribution is 6.32. The molecule has 0 bridgehead atoms. The average molecular weight is 377 g/mol. The van der Waals surface area contributed by atoms with E-state index in [4.69, 9.17) is 0 Å². The number of H-pyrrole nitrogens is 1. The van der Waals surface area contributed by atoms with E-state index >= 15 is 0 Å². The first-order valence-electron chi connectivity index (χ1n) is 9.27. The number of aromatic amines is 1. The van der Waals surface area contributed by atoms with Crippen molar-refractivity contribution in [2.45, 2.75) is 6.54 Å². The Hall–Kier alpha value is -3.16. The summed E-state index contributed by atoms with van der Waals surface area (Å²) in [4.78, 5) is 31.6. The van der Waals surface area contributed by atoms with E-state index in [9.17, 15) is 19.8 Å². The van der Waals surface area contributed by atoms with E-state index in [0.29, 0.717) is 22.9 Å². The summed E-state index contributed by atoms with van der Waals surface area (Å²) in [5.74, 6) is -1.45. The molecule has 1 fully saturated rings. The van der Waals surface area contributed by atoms with E-state index in [1.54, 1.807) is 30.5 Å². The molecular formula is C21H19N3O4. The van der Waals surface area contributed by atoms with E-state index in [0.717, 1.165) is 31.7 Å². The molecule has 2 heterocycles. The summed E-state index contributed by atoms with van der Waals surface area (Å²) in [7, 11) is 0. The Morgan fingerprint density at radius 3 is 2.14 bits per heavy atom. The van der Waals surface area contributed by atoms with Crippen molar-refractivity contribution in [1.29, 1.82) is 0 Å². The normalized spacial score (nSPS) is 17.0. The number of ketones is 2. The second-order valence-corrected chi connectivity index (χ2v) is 7.24. The molecule has 0 atom stereocenters. The Kier molecular flexibility index (Phi) is 3.75. The van der Waals surface area contributed by atoms with Gasteiger partial charge in [-0.05, 0) is 5.56 Å². The minimum absolute atomic E-state index is 0.116. The van der Waals surface area contributed by atoms with Gasteiger partial charge in [-0.15, -0.1) is 0 Å². The van der Waals surface area contributed by atoms with Crippen LogP contribution in [-0.2, 0) is 6.54 Å². The molecule has 0 amide bonds. The van der Waals surface area contributed by atoms with Crippen molar-refractivity contribution in [3.05, 3.63) is 58.4 Å². The summed E-state index contributed by atoms with van der Waals surface area (Å²) in [6.45, 7) is 4.01. The fourth-order valence-electron chi connectivity index (χ4n) is 4.23. The molecule has 0 saturated carbocycles. The third-order valence-corrected chi connectivity index (χ3v) is 5.63. The highest BCUT2D eigenvalue weighted by Gasteiger charge is 2.38. The summed E-state index contributed by atoms with van der Waals surface area (Å²) >= 11 is 0. The van der Waals surface area contributed by atoms with Gasteiger partial charge in [-0.25, -0.2) is 0 Å². The van der Waals surface area contributed by atoms with E-state index in [2.05, 4.69) is 15.2 Å².